The Morgan fingerprint density at radius 3 is 2.17 bits per heavy atom. The van der Waals surface area contributed by atoms with Crippen LogP contribution in [0.2, 0.25) is 0 Å². The van der Waals surface area contributed by atoms with Crippen LogP contribution in [0.15, 0.2) is 0 Å². The van der Waals surface area contributed by atoms with Gasteiger partial charge in [0.25, 0.3) is 0 Å². The van der Waals surface area contributed by atoms with Crippen LogP contribution in [-0.2, 0) is 4.79 Å². The minimum absolute atomic E-state index is 0.0328. The number of nitrogens with one attached hydrogen (secondary N) is 1. The zero-order valence-corrected chi connectivity index (χ0v) is 14.9. The Labute approximate surface area is 140 Å². The van der Waals surface area contributed by atoms with Crippen molar-refractivity contribution >= 4 is 5.91 Å². The number of carbonyl (C=O) groups is 1. The zero-order chi connectivity index (χ0) is 15.9. The van der Waals surface area contributed by atoms with E-state index in [1.165, 1.54) is 51.6 Å². The Morgan fingerprint density at radius 1 is 1.00 bits per heavy atom. The van der Waals surface area contributed by atoms with Crippen molar-refractivity contribution in [1.82, 2.24) is 10.2 Å². The second kappa shape index (κ2) is 4.53. The molecule has 4 saturated carbocycles. The summed E-state index contributed by atoms with van der Waals surface area (Å²) < 4.78 is 0. The van der Waals surface area contributed by atoms with Gasteiger partial charge in [-0.15, -0.1) is 0 Å². The van der Waals surface area contributed by atoms with Crippen molar-refractivity contribution in [2.45, 2.75) is 71.3 Å². The molecule has 7 aliphatic rings. The van der Waals surface area contributed by atoms with Gasteiger partial charge in [0.1, 0.15) is 0 Å². The molecular weight excluding hydrogens is 284 g/mol. The summed E-state index contributed by atoms with van der Waals surface area (Å²) in [7, 11) is 0. The van der Waals surface area contributed by atoms with Crippen LogP contribution >= 0.6 is 0 Å². The fourth-order valence-electron chi connectivity index (χ4n) is 8.15. The highest BCUT2D eigenvalue weighted by atomic mass is 16.2. The smallest absolute Gasteiger partial charge is 0.226 e. The molecule has 1 N–H and O–H groups in total. The molecular formula is C20H32N2O. The maximum Gasteiger partial charge on any atom is 0.226 e. The van der Waals surface area contributed by atoms with Crippen LogP contribution in [0.4, 0.5) is 0 Å². The predicted octanol–water partition coefficient (Wildman–Crippen LogP) is 3.19. The lowest BCUT2D eigenvalue weighted by Gasteiger charge is -2.64. The zero-order valence-electron chi connectivity index (χ0n) is 14.9. The van der Waals surface area contributed by atoms with Crippen LogP contribution in [-0.4, -0.2) is 36.5 Å². The first-order valence-electron chi connectivity index (χ1n) is 9.91. The fourth-order valence-corrected chi connectivity index (χ4v) is 8.15. The molecule has 0 aromatic rings. The van der Waals surface area contributed by atoms with E-state index in [-0.39, 0.29) is 5.41 Å². The van der Waals surface area contributed by atoms with Gasteiger partial charge in [-0.3, -0.25) is 4.79 Å². The lowest BCUT2D eigenvalue weighted by Crippen LogP contribution is -2.63. The molecule has 4 aliphatic carbocycles. The third-order valence-electron chi connectivity index (χ3n) is 8.08. The van der Waals surface area contributed by atoms with Gasteiger partial charge < -0.3 is 10.2 Å². The van der Waals surface area contributed by atoms with Crippen molar-refractivity contribution in [3.63, 3.8) is 0 Å². The third-order valence-corrected chi connectivity index (χ3v) is 8.08. The average Bonchev–Trinajstić information content (AvgIpc) is 2.44. The first kappa shape index (κ1) is 14.7. The summed E-state index contributed by atoms with van der Waals surface area (Å²) in [5, 5.41) is 3.56. The predicted molar refractivity (Wildman–Crippen MR) is 90.9 cm³/mol. The summed E-state index contributed by atoms with van der Waals surface area (Å²) in [5.41, 5.74) is 0.829. The van der Waals surface area contributed by atoms with Gasteiger partial charge in [-0.05, 0) is 87.1 Å². The lowest BCUT2D eigenvalue weighted by molar-refractivity contribution is -0.171. The minimum Gasteiger partial charge on any atom is -0.351 e. The molecule has 128 valence electrons. The molecule has 6 bridgehead atoms. The highest BCUT2D eigenvalue weighted by Gasteiger charge is 2.62. The molecule has 3 saturated heterocycles. The Kier molecular flexibility index (Phi) is 2.91. The van der Waals surface area contributed by atoms with Gasteiger partial charge in [-0.2, -0.15) is 0 Å². The number of piperidine rings is 3. The third kappa shape index (κ3) is 2.22. The molecule has 3 aliphatic heterocycles. The molecule has 5 atom stereocenters. The van der Waals surface area contributed by atoms with E-state index < -0.39 is 0 Å². The molecule has 3 heterocycles. The van der Waals surface area contributed by atoms with Gasteiger partial charge >= 0.3 is 0 Å². The minimum atomic E-state index is -0.0328. The molecule has 7 fully saturated rings. The van der Waals surface area contributed by atoms with Gasteiger partial charge in [-0.1, -0.05) is 13.8 Å². The summed E-state index contributed by atoms with van der Waals surface area (Å²) in [5.74, 6) is 1.97. The van der Waals surface area contributed by atoms with E-state index in [2.05, 4.69) is 24.1 Å². The van der Waals surface area contributed by atoms with E-state index in [0.29, 0.717) is 22.8 Å². The van der Waals surface area contributed by atoms with Crippen LogP contribution in [0.5, 0.6) is 0 Å². The molecule has 3 nitrogen and oxygen atoms in total. The SMILES string of the molecule is C[C@]12CC3CC(C(=O)N[C@H]4CN5CCC4CC5)(C1)C[C@@](C)(C3)C2. The summed E-state index contributed by atoms with van der Waals surface area (Å²) in [4.78, 5) is 15.9. The van der Waals surface area contributed by atoms with Crippen LogP contribution in [0, 0.1) is 28.1 Å². The number of hydrogen-bond acceptors (Lipinski definition) is 2. The van der Waals surface area contributed by atoms with E-state index in [1.54, 1.807) is 0 Å². The Hall–Kier alpha value is -0.570. The molecule has 7 rings (SSSR count). The molecule has 1 amide bonds. The first-order valence-corrected chi connectivity index (χ1v) is 9.91. The van der Waals surface area contributed by atoms with E-state index in [4.69, 9.17) is 0 Å². The van der Waals surface area contributed by atoms with Crippen LogP contribution in [0.1, 0.15) is 65.2 Å². The Morgan fingerprint density at radius 2 is 1.65 bits per heavy atom. The molecule has 0 aromatic carbocycles. The number of amides is 1. The fraction of sp³-hybridized carbons (Fsp3) is 0.950. The highest BCUT2D eigenvalue weighted by molar-refractivity contribution is 5.83. The molecule has 3 heteroatoms. The number of carbonyl (C=O) groups excluding carboxylic acids is 1. The number of rotatable bonds is 2. The quantitative estimate of drug-likeness (QED) is 0.848. The lowest BCUT2D eigenvalue weighted by atomic mass is 9.40. The molecule has 23 heavy (non-hydrogen) atoms. The largest absolute Gasteiger partial charge is 0.351 e. The number of hydrogen-bond donors (Lipinski definition) is 1. The highest BCUT2D eigenvalue weighted by Crippen LogP contribution is 2.69. The summed E-state index contributed by atoms with van der Waals surface area (Å²) in [6.45, 7) is 8.53. The van der Waals surface area contributed by atoms with Crippen LogP contribution in [0.25, 0.3) is 0 Å². The summed E-state index contributed by atoms with van der Waals surface area (Å²) in [6, 6.07) is 0.429. The topological polar surface area (TPSA) is 32.3 Å². The van der Waals surface area contributed by atoms with Crippen molar-refractivity contribution in [2.75, 3.05) is 19.6 Å². The molecule has 0 spiro atoms. The van der Waals surface area contributed by atoms with Crippen molar-refractivity contribution in [3.05, 3.63) is 0 Å². The van der Waals surface area contributed by atoms with Crippen molar-refractivity contribution in [2.24, 2.45) is 28.1 Å². The first-order chi connectivity index (χ1) is 10.9. The van der Waals surface area contributed by atoms with E-state index in [1.807, 2.05) is 0 Å². The second-order valence-electron chi connectivity index (χ2n) is 10.6. The Bertz CT molecular complexity index is 518. The van der Waals surface area contributed by atoms with Gasteiger partial charge in [-0.25, -0.2) is 0 Å². The van der Waals surface area contributed by atoms with Crippen LogP contribution in [0.3, 0.4) is 0 Å². The number of nitrogens with zero attached hydrogens (tertiary/aromatic N) is 1. The maximum atomic E-state index is 13.4. The monoisotopic (exact) mass is 316 g/mol. The molecule has 0 radical (unpaired) electrons. The summed E-state index contributed by atoms with van der Waals surface area (Å²) >= 11 is 0. The van der Waals surface area contributed by atoms with E-state index in [0.717, 1.165) is 31.2 Å². The van der Waals surface area contributed by atoms with Crippen LogP contribution < -0.4 is 5.32 Å². The summed E-state index contributed by atoms with van der Waals surface area (Å²) in [6.07, 6.45) is 10.1. The average molecular weight is 316 g/mol. The van der Waals surface area contributed by atoms with Crippen molar-refractivity contribution in [3.8, 4) is 0 Å². The molecule has 0 aromatic heterocycles. The normalized spacial score (nSPS) is 56.8. The standard InChI is InChI=1S/C20H32N2O/c1-18-7-14-8-19(2,11-18)13-20(9-14,12-18)17(23)21-16-10-22-5-3-15(16)4-6-22/h14-16H,3-13H2,1-2H3,(H,21,23)/t14?,16-,18-,19+,20?/m0/s1. The molecule has 2 unspecified atom stereocenters. The van der Waals surface area contributed by atoms with Gasteiger partial charge in [0, 0.05) is 12.6 Å². The van der Waals surface area contributed by atoms with Gasteiger partial charge in [0.15, 0.2) is 0 Å². The number of fused-ring (bicyclic) bond motifs is 3. The maximum absolute atomic E-state index is 13.4. The Balaban J connectivity index is 1.37. The van der Waals surface area contributed by atoms with Gasteiger partial charge in [0.2, 0.25) is 5.91 Å². The second-order valence-corrected chi connectivity index (χ2v) is 10.6. The van der Waals surface area contributed by atoms with E-state index in [9.17, 15) is 4.79 Å². The van der Waals surface area contributed by atoms with Crippen molar-refractivity contribution in [1.29, 1.82) is 0 Å². The van der Waals surface area contributed by atoms with E-state index >= 15 is 0 Å². The van der Waals surface area contributed by atoms with Gasteiger partial charge in [0.05, 0.1) is 5.41 Å². The van der Waals surface area contributed by atoms with Crippen molar-refractivity contribution < 1.29 is 4.79 Å².